The van der Waals surface area contributed by atoms with E-state index in [0.29, 0.717) is 28.5 Å². The highest BCUT2D eigenvalue weighted by atomic mass is 19.4. The van der Waals surface area contributed by atoms with Gasteiger partial charge in [-0.3, -0.25) is 0 Å². The van der Waals surface area contributed by atoms with Gasteiger partial charge in [-0.05, 0) is 64.3 Å². The van der Waals surface area contributed by atoms with E-state index >= 15 is 0 Å². The van der Waals surface area contributed by atoms with E-state index in [0.717, 1.165) is 45.2 Å². The fourth-order valence-electron chi connectivity index (χ4n) is 6.36. The summed E-state index contributed by atoms with van der Waals surface area (Å²) in [6.07, 6.45) is 0.564. The highest BCUT2D eigenvalue weighted by molar-refractivity contribution is 6.81. The Hall–Kier alpha value is -6.80. The molecule has 0 N–H and O–H groups in total. The van der Waals surface area contributed by atoms with Crippen molar-refractivity contribution in [2.24, 2.45) is 0 Å². The van der Waals surface area contributed by atoms with E-state index in [1.807, 2.05) is 171 Å². The molecular formula is C47H38B2F3N3O2. The van der Waals surface area contributed by atoms with Crippen molar-refractivity contribution in [1.82, 2.24) is 9.97 Å². The number of alkyl halides is 3. The van der Waals surface area contributed by atoms with E-state index in [4.69, 9.17) is 9.31 Å². The van der Waals surface area contributed by atoms with Crippen molar-refractivity contribution >= 4 is 65.0 Å². The minimum absolute atomic E-state index is 0.332. The normalized spacial score (nSPS) is 11.8. The molecule has 7 aromatic rings. The zero-order valence-electron chi connectivity index (χ0n) is 31.4. The average Bonchev–Trinajstić information content (AvgIpc) is 3.25. The number of rotatable bonds is 13. The maximum absolute atomic E-state index is 13.6. The van der Waals surface area contributed by atoms with Crippen LogP contribution in [-0.2, 0) is 15.5 Å². The molecule has 0 atom stereocenters. The maximum Gasteiger partial charge on any atom is 0.426 e. The smallest absolute Gasteiger partial charge is 0.426 e. The molecule has 10 heteroatoms. The molecule has 0 aliphatic rings. The number of anilines is 1. The third-order valence-electron chi connectivity index (χ3n) is 9.33. The first-order chi connectivity index (χ1) is 27.7. The summed E-state index contributed by atoms with van der Waals surface area (Å²) in [6.45, 7) is -0.999. The third-order valence-corrected chi connectivity index (χ3v) is 9.33. The standard InChI is InChI=1S/C47H38B2F3N3O2/c1-55(2)44-29-25-36(26-30-44)46(57-49(40-19-11-5-12-20-40)41-21-13-6-14-22-41)33-43-31-42(53-34-54-43)32-45(35-23-27-37(28-24-35)47(50,51)52)56-48(38-15-7-3-8-16-38)39-17-9-4-10-18-39/h3-34H,1-2H3/b45-32+,46-33+. The van der Waals surface area contributed by atoms with Crippen LogP contribution in [0.1, 0.15) is 28.1 Å². The quantitative estimate of drug-likeness (QED) is 0.0878. The van der Waals surface area contributed by atoms with Gasteiger partial charge >= 0.3 is 20.0 Å². The summed E-state index contributed by atoms with van der Waals surface area (Å²) in [5.41, 5.74) is 6.33. The molecule has 0 bridgehead atoms. The van der Waals surface area contributed by atoms with Crippen LogP contribution >= 0.6 is 0 Å². The van der Waals surface area contributed by atoms with Gasteiger partial charge in [-0.1, -0.05) is 133 Å². The van der Waals surface area contributed by atoms with Crippen molar-refractivity contribution in [3.63, 3.8) is 0 Å². The molecule has 0 aliphatic heterocycles. The van der Waals surface area contributed by atoms with E-state index < -0.39 is 25.6 Å². The molecule has 6 aromatic carbocycles. The Morgan fingerprint density at radius 2 is 0.860 bits per heavy atom. The van der Waals surface area contributed by atoms with Gasteiger partial charge < -0.3 is 14.2 Å². The Labute approximate surface area is 332 Å². The lowest BCUT2D eigenvalue weighted by Gasteiger charge is -2.21. The summed E-state index contributed by atoms with van der Waals surface area (Å²) in [4.78, 5) is 11.2. The molecule has 0 amide bonds. The molecule has 57 heavy (non-hydrogen) atoms. The van der Waals surface area contributed by atoms with Gasteiger partial charge in [0.1, 0.15) is 17.8 Å². The Morgan fingerprint density at radius 3 is 1.19 bits per heavy atom. The summed E-state index contributed by atoms with van der Waals surface area (Å²) in [6, 6.07) is 54.3. The van der Waals surface area contributed by atoms with E-state index in [2.05, 4.69) is 9.97 Å². The molecule has 7 rings (SSSR count). The number of halogens is 3. The minimum Gasteiger partial charge on any atom is -0.551 e. The monoisotopic (exact) mass is 755 g/mol. The van der Waals surface area contributed by atoms with Crippen molar-refractivity contribution < 1.29 is 22.5 Å². The highest BCUT2D eigenvalue weighted by Gasteiger charge is 2.31. The average molecular weight is 755 g/mol. The van der Waals surface area contributed by atoms with Crippen LogP contribution in [0.2, 0.25) is 0 Å². The van der Waals surface area contributed by atoms with Crippen LogP contribution in [0.4, 0.5) is 18.9 Å². The topological polar surface area (TPSA) is 47.5 Å². The van der Waals surface area contributed by atoms with Gasteiger partial charge in [0.25, 0.3) is 0 Å². The second-order valence-corrected chi connectivity index (χ2v) is 13.5. The van der Waals surface area contributed by atoms with Gasteiger partial charge in [0.2, 0.25) is 0 Å². The molecule has 0 unspecified atom stereocenters. The molecule has 0 radical (unpaired) electrons. The third kappa shape index (κ3) is 9.90. The summed E-state index contributed by atoms with van der Waals surface area (Å²) in [7, 11) is 3.98. The molecule has 280 valence electrons. The summed E-state index contributed by atoms with van der Waals surface area (Å²) >= 11 is 0. The van der Waals surface area contributed by atoms with Crippen LogP contribution in [0.5, 0.6) is 0 Å². The molecule has 1 heterocycles. The fourth-order valence-corrected chi connectivity index (χ4v) is 6.36. The summed E-state index contributed by atoms with van der Waals surface area (Å²) in [5.74, 6) is 0.915. The maximum atomic E-state index is 13.6. The summed E-state index contributed by atoms with van der Waals surface area (Å²) < 4.78 is 54.6. The second-order valence-electron chi connectivity index (χ2n) is 13.5. The molecule has 0 saturated carbocycles. The minimum atomic E-state index is -4.49. The first-order valence-electron chi connectivity index (χ1n) is 18.5. The zero-order chi connectivity index (χ0) is 39.6. The number of hydrogen-bond acceptors (Lipinski definition) is 5. The Morgan fingerprint density at radius 1 is 0.509 bits per heavy atom. The second kappa shape index (κ2) is 17.8. The largest absolute Gasteiger partial charge is 0.551 e. The summed E-state index contributed by atoms with van der Waals surface area (Å²) in [5, 5.41) is 0. The Kier molecular flexibility index (Phi) is 12.0. The lowest BCUT2D eigenvalue weighted by atomic mass is 9.55. The van der Waals surface area contributed by atoms with E-state index in [1.165, 1.54) is 18.5 Å². The molecular weight excluding hydrogens is 717 g/mol. The van der Waals surface area contributed by atoms with Crippen LogP contribution in [0, 0.1) is 0 Å². The van der Waals surface area contributed by atoms with Gasteiger partial charge in [-0.15, -0.1) is 0 Å². The number of hydrogen-bond donors (Lipinski definition) is 0. The predicted octanol–water partition coefficient (Wildman–Crippen LogP) is 8.20. The highest BCUT2D eigenvalue weighted by Crippen LogP contribution is 2.31. The van der Waals surface area contributed by atoms with Crippen LogP contribution in [-0.4, -0.2) is 37.9 Å². The lowest BCUT2D eigenvalue weighted by Crippen LogP contribution is -2.44. The van der Waals surface area contributed by atoms with Crippen molar-refractivity contribution in [2.45, 2.75) is 6.18 Å². The Bertz CT molecular complexity index is 2330. The van der Waals surface area contributed by atoms with E-state index in [-0.39, 0.29) is 0 Å². The van der Waals surface area contributed by atoms with Gasteiger partial charge in [-0.25, -0.2) is 9.97 Å². The molecule has 1 aromatic heterocycles. The zero-order valence-corrected chi connectivity index (χ0v) is 31.4. The van der Waals surface area contributed by atoms with Gasteiger partial charge in [-0.2, -0.15) is 13.2 Å². The first-order valence-corrected chi connectivity index (χ1v) is 18.5. The van der Waals surface area contributed by atoms with E-state index in [1.54, 1.807) is 12.1 Å². The number of aromatic nitrogens is 2. The van der Waals surface area contributed by atoms with Gasteiger partial charge in [0.05, 0.1) is 17.0 Å². The SMILES string of the molecule is CN(C)c1ccc(/C(=C\c2cc(/C=C(/OB(c3ccccc3)c3ccccc3)c3ccc(C(F)(F)F)cc3)ncn2)OB(c2ccccc2)c2ccccc2)cc1. The lowest BCUT2D eigenvalue weighted by molar-refractivity contribution is -0.137. The molecule has 0 spiro atoms. The van der Waals surface area contributed by atoms with Crippen molar-refractivity contribution in [3.05, 3.63) is 210 Å². The van der Waals surface area contributed by atoms with Crippen molar-refractivity contribution in [1.29, 1.82) is 0 Å². The molecule has 0 fully saturated rings. The Balaban J connectivity index is 1.32. The van der Waals surface area contributed by atoms with Gasteiger partial charge in [0, 0.05) is 43.1 Å². The molecule has 5 nitrogen and oxygen atoms in total. The fraction of sp³-hybridized carbons (Fsp3) is 0.0638. The van der Waals surface area contributed by atoms with Crippen LogP contribution in [0.3, 0.4) is 0 Å². The van der Waals surface area contributed by atoms with Crippen LogP contribution in [0.15, 0.2) is 182 Å². The van der Waals surface area contributed by atoms with Crippen LogP contribution < -0.4 is 26.8 Å². The van der Waals surface area contributed by atoms with E-state index in [9.17, 15) is 13.2 Å². The number of nitrogens with zero attached hydrogens (tertiary/aromatic N) is 3. The number of benzene rings is 6. The van der Waals surface area contributed by atoms with Crippen molar-refractivity contribution in [2.75, 3.05) is 19.0 Å². The van der Waals surface area contributed by atoms with Crippen molar-refractivity contribution in [3.8, 4) is 0 Å². The van der Waals surface area contributed by atoms with Crippen LogP contribution in [0.25, 0.3) is 23.7 Å². The van der Waals surface area contributed by atoms with Gasteiger partial charge in [0.15, 0.2) is 0 Å². The predicted molar refractivity (Wildman–Crippen MR) is 228 cm³/mol. The molecule has 0 saturated heterocycles. The molecule has 0 aliphatic carbocycles. The first kappa shape index (κ1) is 38.5.